The second kappa shape index (κ2) is 2.51. The molecule has 9 heavy (non-hydrogen) atoms. The summed E-state index contributed by atoms with van der Waals surface area (Å²) in [6.07, 6.45) is 7.49. The Morgan fingerprint density at radius 3 is 2.78 bits per heavy atom. The predicted molar refractivity (Wildman–Crippen MR) is 36.3 cm³/mol. The smallest absolute Gasteiger partial charge is 0.0643 e. The standard InChI is InChI=1S/C7H9NO/c1-7-5-3-4-6-8(7)9-2/h3-6H,1H2,2H3. The molecule has 0 aromatic carbocycles. The molecular weight excluding hydrogens is 114 g/mol. The van der Waals surface area contributed by atoms with Crippen LogP contribution in [0.25, 0.3) is 0 Å². The van der Waals surface area contributed by atoms with Crippen LogP contribution >= 0.6 is 0 Å². The predicted octanol–water partition coefficient (Wildman–Crippen LogP) is 1.45. The van der Waals surface area contributed by atoms with Crippen LogP contribution in [0.2, 0.25) is 0 Å². The van der Waals surface area contributed by atoms with Crippen molar-refractivity contribution in [1.29, 1.82) is 0 Å². The molecule has 1 heterocycles. The third-order valence-corrected chi connectivity index (χ3v) is 1.10. The molecular formula is C7H9NO. The van der Waals surface area contributed by atoms with Gasteiger partial charge in [-0.3, -0.25) is 4.84 Å². The normalized spacial score (nSPS) is 17.0. The van der Waals surface area contributed by atoms with Gasteiger partial charge < -0.3 is 0 Å². The highest BCUT2D eigenvalue weighted by Gasteiger charge is 1.99. The Balaban J connectivity index is 2.66. The number of hydroxylamine groups is 2. The van der Waals surface area contributed by atoms with Crippen molar-refractivity contribution in [2.24, 2.45) is 0 Å². The first kappa shape index (κ1) is 6.11. The topological polar surface area (TPSA) is 12.5 Å². The molecule has 0 saturated heterocycles. The van der Waals surface area contributed by atoms with Gasteiger partial charge >= 0.3 is 0 Å². The maximum atomic E-state index is 4.90. The summed E-state index contributed by atoms with van der Waals surface area (Å²) >= 11 is 0. The van der Waals surface area contributed by atoms with E-state index in [1.165, 1.54) is 0 Å². The molecule has 0 amide bonds. The molecule has 2 nitrogen and oxygen atoms in total. The average Bonchev–Trinajstić information content (AvgIpc) is 1.89. The van der Waals surface area contributed by atoms with Gasteiger partial charge in [-0.1, -0.05) is 12.7 Å². The highest BCUT2D eigenvalue weighted by atomic mass is 16.7. The lowest BCUT2D eigenvalue weighted by molar-refractivity contribution is -0.0529. The van der Waals surface area contributed by atoms with E-state index in [-0.39, 0.29) is 0 Å². The number of rotatable bonds is 1. The first-order chi connectivity index (χ1) is 4.34. The monoisotopic (exact) mass is 123 g/mol. The van der Waals surface area contributed by atoms with Crippen LogP contribution in [-0.2, 0) is 4.84 Å². The SMILES string of the molecule is C=C1C=CC=CN1OC. The molecule has 0 bridgehead atoms. The minimum absolute atomic E-state index is 0.847. The Bertz CT molecular complexity index is 170. The van der Waals surface area contributed by atoms with E-state index in [4.69, 9.17) is 4.84 Å². The Kier molecular flexibility index (Phi) is 1.70. The van der Waals surface area contributed by atoms with E-state index in [9.17, 15) is 0 Å². The summed E-state index contributed by atoms with van der Waals surface area (Å²) in [5.74, 6) is 0. The van der Waals surface area contributed by atoms with Crippen molar-refractivity contribution in [3.05, 3.63) is 36.7 Å². The first-order valence-electron chi connectivity index (χ1n) is 2.71. The third-order valence-electron chi connectivity index (χ3n) is 1.10. The molecule has 1 rings (SSSR count). The van der Waals surface area contributed by atoms with Gasteiger partial charge in [0.05, 0.1) is 12.8 Å². The number of hydrogen-bond acceptors (Lipinski definition) is 2. The van der Waals surface area contributed by atoms with Gasteiger partial charge in [0.1, 0.15) is 0 Å². The molecule has 0 N–H and O–H groups in total. The van der Waals surface area contributed by atoms with Gasteiger partial charge in [-0.15, -0.1) is 0 Å². The van der Waals surface area contributed by atoms with Crippen molar-refractivity contribution >= 4 is 0 Å². The van der Waals surface area contributed by atoms with Crippen molar-refractivity contribution in [2.45, 2.75) is 0 Å². The zero-order valence-electron chi connectivity index (χ0n) is 5.37. The Hall–Kier alpha value is -1.02. The highest BCUT2D eigenvalue weighted by Crippen LogP contribution is 2.08. The molecule has 0 saturated carbocycles. The van der Waals surface area contributed by atoms with Crippen LogP contribution < -0.4 is 0 Å². The summed E-state index contributed by atoms with van der Waals surface area (Å²) < 4.78 is 0. The van der Waals surface area contributed by atoms with Crippen LogP contribution in [0.1, 0.15) is 0 Å². The van der Waals surface area contributed by atoms with Gasteiger partial charge in [0, 0.05) is 6.20 Å². The summed E-state index contributed by atoms with van der Waals surface area (Å²) in [7, 11) is 1.61. The molecule has 48 valence electrons. The Morgan fingerprint density at radius 2 is 2.33 bits per heavy atom. The van der Waals surface area contributed by atoms with Crippen LogP contribution in [0.5, 0.6) is 0 Å². The zero-order valence-corrected chi connectivity index (χ0v) is 5.37. The van der Waals surface area contributed by atoms with Gasteiger partial charge in [-0.05, 0) is 12.2 Å². The minimum Gasteiger partial charge on any atom is -0.272 e. The summed E-state index contributed by atoms with van der Waals surface area (Å²) in [4.78, 5) is 4.90. The first-order valence-corrected chi connectivity index (χ1v) is 2.71. The largest absolute Gasteiger partial charge is 0.272 e. The van der Waals surface area contributed by atoms with Crippen LogP contribution in [-0.4, -0.2) is 12.2 Å². The van der Waals surface area contributed by atoms with Crippen molar-refractivity contribution in [3.8, 4) is 0 Å². The van der Waals surface area contributed by atoms with E-state index in [0.29, 0.717) is 0 Å². The number of nitrogens with zero attached hydrogens (tertiary/aromatic N) is 1. The van der Waals surface area contributed by atoms with E-state index in [1.807, 2.05) is 24.4 Å². The lowest BCUT2D eigenvalue weighted by atomic mass is 10.3. The summed E-state index contributed by atoms with van der Waals surface area (Å²) in [5.41, 5.74) is 0.847. The van der Waals surface area contributed by atoms with Crippen LogP contribution in [0.15, 0.2) is 36.7 Å². The fourth-order valence-corrected chi connectivity index (χ4v) is 0.642. The molecule has 1 aliphatic heterocycles. The Morgan fingerprint density at radius 1 is 1.56 bits per heavy atom. The summed E-state index contributed by atoms with van der Waals surface area (Å²) in [6, 6.07) is 0. The Labute approximate surface area is 54.7 Å². The van der Waals surface area contributed by atoms with Gasteiger partial charge in [0.25, 0.3) is 0 Å². The summed E-state index contributed by atoms with van der Waals surface area (Å²) in [6.45, 7) is 3.73. The lowest BCUT2D eigenvalue weighted by Gasteiger charge is -2.18. The molecule has 0 atom stereocenters. The van der Waals surface area contributed by atoms with Crippen LogP contribution in [0, 0.1) is 0 Å². The van der Waals surface area contributed by atoms with Gasteiger partial charge in [-0.25, -0.2) is 5.06 Å². The van der Waals surface area contributed by atoms with Gasteiger partial charge in [0.15, 0.2) is 0 Å². The van der Waals surface area contributed by atoms with Crippen LogP contribution in [0.4, 0.5) is 0 Å². The third kappa shape index (κ3) is 1.21. The van der Waals surface area contributed by atoms with E-state index in [0.717, 1.165) is 5.70 Å². The van der Waals surface area contributed by atoms with E-state index < -0.39 is 0 Å². The molecule has 0 spiro atoms. The molecule has 0 fully saturated rings. The van der Waals surface area contributed by atoms with Crippen molar-refractivity contribution < 1.29 is 4.84 Å². The average molecular weight is 123 g/mol. The maximum absolute atomic E-state index is 4.90. The second-order valence-electron chi connectivity index (χ2n) is 1.70. The number of hydrogen-bond donors (Lipinski definition) is 0. The van der Waals surface area contributed by atoms with E-state index in [1.54, 1.807) is 12.2 Å². The molecule has 0 radical (unpaired) electrons. The highest BCUT2D eigenvalue weighted by molar-refractivity contribution is 5.23. The van der Waals surface area contributed by atoms with E-state index in [2.05, 4.69) is 6.58 Å². The quantitative estimate of drug-likeness (QED) is 0.523. The van der Waals surface area contributed by atoms with Gasteiger partial charge in [0.2, 0.25) is 0 Å². The molecule has 0 aromatic heterocycles. The molecule has 0 unspecified atom stereocenters. The summed E-state index contributed by atoms with van der Waals surface area (Å²) in [5, 5.41) is 1.60. The number of allylic oxidation sites excluding steroid dienone is 3. The molecule has 0 aromatic rings. The fourth-order valence-electron chi connectivity index (χ4n) is 0.642. The minimum atomic E-state index is 0.847. The molecule has 0 aliphatic carbocycles. The van der Waals surface area contributed by atoms with Crippen molar-refractivity contribution in [2.75, 3.05) is 7.11 Å². The maximum Gasteiger partial charge on any atom is 0.0643 e. The fraction of sp³-hybridized carbons (Fsp3) is 0.143. The van der Waals surface area contributed by atoms with E-state index >= 15 is 0 Å². The van der Waals surface area contributed by atoms with Gasteiger partial charge in [-0.2, -0.15) is 0 Å². The van der Waals surface area contributed by atoms with Crippen molar-refractivity contribution in [1.82, 2.24) is 5.06 Å². The van der Waals surface area contributed by atoms with Crippen molar-refractivity contribution in [3.63, 3.8) is 0 Å². The zero-order chi connectivity index (χ0) is 6.69. The lowest BCUT2D eigenvalue weighted by Crippen LogP contribution is -2.13. The molecule has 1 aliphatic rings. The molecule has 2 heteroatoms. The van der Waals surface area contributed by atoms with Crippen LogP contribution in [0.3, 0.4) is 0 Å². The second-order valence-corrected chi connectivity index (χ2v) is 1.70.